The summed E-state index contributed by atoms with van der Waals surface area (Å²) in [6, 6.07) is 20.0. The average molecular weight is 464 g/mol. The summed E-state index contributed by atoms with van der Waals surface area (Å²) in [5.74, 6) is 8.92. The van der Waals surface area contributed by atoms with E-state index in [1.165, 1.54) is 24.1 Å². The van der Waals surface area contributed by atoms with Crippen LogP contribution in [0.15, 0.2) is 66.7 Å². The highest BCUT2D eigenvalue weighted by Crippen LogP contribution is 2.22. The van der Waals surface area contributed by atoms with Gasteiger partial charge in [-0.25, -0.2) is 13.2 Å². The van der Waals surface area contributed by atoms with Crippen molar-refractivity contribution in [3.63, 3.8) is 0 Å². The molecule has 0 aromatic heterocycles. The van der Waals surface area contributed by atoms with Crippen LogP contribution in [0.3, 0.4) is 0 Å². The molecule has 0 saturated heterocycles. The fraction of sp³-hybridized carbons (Fsp3) is 0.129. The summed E-state index contributed by atoms with van der Waals surface area (Å²) in [6.45, 7) is 2.17. The summed E-state index contributed by atoms with van der Waals surface area (Å²) in [7, 11) is 0. The summed E-state index contributed by atoms with van der Waals surface area (Å²) >= 11 is 0. The molecule has 0 fully saturated rings. The van der Waals surface area contributed by atoms with Gasteiger partial charge in [-0.15, -0.1) is 0 Å². The third-order valence-corrected chi connectivity index (χ3v) is 5.57. The summed E-state index contributed by atoms with van der Waals surface area (Å²) in [6.07, 6.45) is 3.39. The Bertz CT molecular complexity index is 1550. The number of hydrogen-bond acceptors (Lipinski definition) is 1. The molecule has 0 spiro atoms. The van der Waals surface area contributed by atoms with E-state index in [-0.39, 0.29) is 11.1 Å². The maximum Gasteiger partial charge on any atom is 0.146 e. The third kappa shape index (κ3) is 5.55. The molecule has 0 aliphatic carbocycles. The number of benzene rings is 4. The molecular formula is C31H20F3N. The molecule has 0 saturated carbocycles. The highest BCUT2D eigenvalue weighted by atomic mass is 19.1. The first-order chi connectivity index (χ1) is 17.0. The summed E-state index contributed by atoms with van der Waals surface area (Å²) < 4.78 is 42.6. The summed E-state index contributed by atoms with van der Waals surface area (Å²) in [4.78, 5) is 0. The van der Waals surface area contributed by atoms with Gasteiger partial charge in [0.25, 0.3) is 0 Å². The van der Waals surface area contributed by atoms with E-state index in [9.17, 15) is 8.78 Å². The van der Waals surface area contributed by atoms with E-state index in [1.54, 1.807) is 18.2 Å². The van der Waals surface area contributed by atoms with Gasteiger partial charge in [0.1, 0.15) is 29.1 Å². The Morgan fingerprint density at radius 3 is 2.06 bits per heavy atom. The predicted octanol–water partition coefficient (Wildman–Crippen LogP) is 7.27. The zero-order chi connectivity index (χ0) is 24.8. The summed E-state index contributed by atoms with van der Waals surface area (Å²) in [5.41, 5.74) is 2.42. The molecule has 4 rings (SSSR count). The van der Waals surface area contributed by atoms with Gasteiger partial charge >= 0.3 is 0 Å². The van der Waals surface area contributed by atoms with Gasteiger partial charge in [0.15, 0.2) is 0 Å². The van der Waals surface area contributed by atoms with Crippen molar-refractivity contribution in [2.24, 2.45) is 0 Å². The van der Waals surface area contributed by atoms with Crippen molar-refractivity contribution in [3.05, 3.63) is 118 Å². The van der Waals surface area contributed by atoms with Crippen molar-refractivity contribution in [2.45, 2.75) is 26.2 Å². The zero-order valence-corrected chi connectivity index (χ0v) is 19.1. The van der Waals surface area contributed by atoms with Crippen molar-refractivity contribution < 1.29 is 13.2 Å². The van der Waals surface area contributed by atoms with E-state index in [2.05, 4.69) is 42.7 Å². The minimum Gasteiger partial charge on any atom is -0.205 e. The highest BCUT2D eigenvalue weighted by molar-refractivity contribution is 5.86. The Balaban J connectivity index is 1.57. The van der Waals surface area contributed by atoms with E-state index >= 15 is 4.39 Å². The highest BCUT2D eigenvalue weighted by Gasteiger charge is 2.10. The Kier molecular flexibility index (Phi) is 7.21. The molecule has 170 valence electrons. The van der Waals surface area contributed by atoms with Crippen LogP contribution in [0.1, 0.15) is 53.1 Å². The lowest BCUT2D eigenvalue weighted by atomic mass is 10.0. The van der Waals surface area contributed by atoms with E-state index in [4.69, 9.17) is 5.26 Å². The van der Waals surface area contributed by atoms with Gasteiger partial charge in [0.2, 0.25) is 0 Å². The molecule has 0 bridgehead atoms. The fourth-order valence-electron chi connectivity index (χ4n) is 3.64. The van der Waals surface area contributed by atoms with Gasteiger partial charge in [-0.1, -0.05) is 61.3 Å². The Morgan fingerprint density at radius 2 is 1.37 bits per heavy atom. The number of aryl methyl sites for hydroxylation is 1. The van der Waals surface area contributed by atoms with Crippen LogP contribution in [0.2, 0.25) is 0 Å². The number of nitriles is 1. The van der Waals surface area contributed by atoms with Gasteiger partial charge in [-0.2, -0.15) is 5.26 Å². The number of rotatable bonds is 3. The van der Waals surface area contributed by atoms with Gasteiger partial charge in [-0.05, 0) is 66.3 Å². The Morgan fingerprint density at radius 1 is 0.714 bits per heavy atom. The topological polar surface area (TPSA) is 23.8 Å². The van der Waals surface area contributed by atoms with Gasteiger partial charge in [-0.3, -0.25) is 0 Å². The number of fused-ring (bicyclic) bond motifs is 1. The van der Waals surface area contributed by atoms with Crippen LogP contribution in [0.25, 0.3) is 10.8 Å². The first-order valence-electron chi connectivity index (χ1n) is 11.2. The lowest BCUT2D eigenvalue weighted by molar-refractivity contribution is 0.576. The Labute approximate surface area is 202 Å². The summed E-state index contributed by atoms with van der Waals surface area (Å²) in [5, 5.41) is 9.80. The minimum absolute atomic E-state index is 0.0162. The number of unbranched alkanes of at least 4 members (excludes halogenated alkanes) is 1. The first kappa shape index (κ1) is 23.7. The Hall–Kier alpha value is -4.46. The predicted molar refractivity (Wildman–Crippen MR) is 132 cm³/mol. The molecule has 4 aromatic carbocycles. The van der Waals surface area contributed by atoms with Crippen LogP contribution >= 0.6 is 0 Å². The molecule has 35 heavy (non-hydrogen) atoms. The van der Waals surface area contributed by atoms with Crippen molar-refractivity contribution in [3.8, 4) is 29.8 Å². The van der Waals surface area contributed by atoms with Crippen LogP contribution in [0, 0.1) is 52.5 Å². The van der Waals surface area contributed by atoms with Crippen LogP contribution in [-0.4, -0.2) is 0 Å². The van der Waals surface area contributed by atoms with Gasteiger partial charge in [0, 0.05) is 22.1 Å². The molecule has 0 unspecified atom stereocenters. The molecule has 0 atom stereocenters. The van der Waals surface area contributed by atoms with E-state index in [1.807, 2.05) is 18.2 Å². The molecule has 0 N–H and O–H groups in total. The largest absolute Gasteiger partial charge is 0.205 e. The molecule has 4 aromatic rings. The minimum atomic E-state index is -1.00. The van der Waals surface area contributed by atoms with Crippen molar-refractivity contribution in [1.82, 2.24) is 0 Å². The third-order valence-electron chi connectivity index (χ3n) is 5.57. The normalized spacial score (nSPS) is 10.1. The second-order valence-corrected chi connectivity index (χ2v) is 8.09. The lowest BCUT2D eigenvalue weighted by Crippen LogP contribution is -1.92. The molecule has 0 amide bonds. The van der Waals surface area contributed by atoms with E-state index < -0.39 is 23.0 Å². The number of nitrogens with zero attached hydrogens (tertiary/aromatic N) is 1. The maximum absolute atomic E-state index is 15.0. The molecule has 1 nitrogen and oxygen atoms in total. The molecule has 4 heteroatoms. The van der Waals surface area contributed by atoms with Crippen LogP contribution < -0.4 is 0 Å². The second kappa shape index (κ2) is 10.6. The van der Waals surface area contributed by atoms with Gasteiger partial charge in [0.05, 0.1) is 5.56 Å². The standard InChI is InChI=1S/C31H20F3N/c1-2-3-4-21-5-7-22(8-6-21)9-10-23-12-16-27-26(17-23)15-14-25(31(27)34)13-11-24-18-29(32)28(20-35)30(33)19-24/h5-8,12,14-19H,2-4H2,1H3. The monoisotopic (exact) mass is 463 g/mol. The second-order valence-electron chi connectivity index (χ2n) is 8.09. The van der Waals surface area contributed by atoms with E-state index in [0.717, 1.165) is 36.1 Å². The van der Waals surface area contributed by atoms with Crippen molar-refractivity contribution >= 4 is 10.8 Å². The van der Waals surface area contributed by atoms with Crippen molar-refractivity contribution in [2.75, 3.05) is 0 Å². The fourth-order valence-corrected chi connectivity index (χ4v) is 3.64. The van der Waals surface area contributed by atoms with Crippen LogP contribution in [0.4, 0.5) is 13.2 Å². The van der Waals surface area contributed by atoms with Crippen molar-refractivity contribution in [1.29, 1.82) is 5.26 Å². The SMILES string of the molecule is CCCCc1ccc(C#Cc2ccc3c(F)c(C#Cc4cc(F)c(C#N)c(F)c4)ccc3c2)cc1. The molecule has 0 heterocycles. The molecule has 0 aliphatic rings. The smallest absolute Gasteiger partial charge is 0.146 e. The lowest BCUT2D eigenvalue weighted by Gasteiger charge is -2.03. The van der Waals surface area contributed by atoms with Gasteiger partial charge < -0.3 is 0 Å². The number of hydrogen-bond donors (Lipinski definition) is 0. The van der Waals surface area contributed by atoms with Crippen LogP contribution in [0.5, 0.6) is 0 Å². The number of halogens is 3. The zero-order valence-electron chi connectivity index (χ0n) is 19.1. The average Bonchev–Trinajstić information content (AvgIpc) is 2.86. The van der Waals surface area contributed by atoms with Crippen LogP contribution in [-0.2, 0) is 6.42 Å². The first-order valence-corrected chi connectivity index (χ1v) is 11.2. The van der Waals surface area contributed by atoms with E-state index in [0.29, 0.717) is 10.8 Å². The maximum atomic E-state index is 15.0. The quantitative estimate of drug-likeness (QED) is 0.293. The molecular weight excluding hydrogens is 443 g/mol. The molecule has 0 aliphatic heterocycles. The molecule has 0 radical (unpaired) electrons.